The summed E-state index contributed by atoms with van der Waals surface area (Å²) < 4.78 is 22.2. The van der Waals surface area contributed by atoms with E-state index >= 15 is 0 Å². The molecule has 2 aliphatic heterocycles. The molecule has 0 N–H and O–H groups in total. The van der Waals surface area contributed by atoms with Crippen molar-refractivity contribution in [1.82, 2.24) is 0 Å². The number of esters is 2. The quantitative estimate of drug-likeness (QED) is 0.233. The molecule has 180 valence electrons. The number of carbonyl (C=O) groups is 2. The predicted molar refractivity (Wildman–Crippen MR) is 120 cm³/mol. The Hall–Kier alpha value is -1.14. The lowest BCUT2D eigenvalue weighted by Crippen LogP contribution is -2.17. The first-order chi connectivity index (χ1) is 15.0. The summed E-state index contributed by atoms with van der Waals surface area (Å²) in [5.74, 6) is -0.194. The van der Waals surface area contributed by atoms with Gasteiger partial charge in [-0.1, -0.05) is 19.3 Å². The molecule has 2 rings (SSSR count). The van der Waals surface area contributed by atoms with Crippen molar-refractivity contribution in [2.75, 3.05) is 13.2 Å². The first kappa shape index (κ1) is 26.1. The fraction of sp³-hybridized carbons (Fsp3) is 0.920. The lowest BCUT2D eigenvalue weighted by atomic mass is 10.1. The van der Waals surface area contributed by atoms with E-state index in [2.05, 4.69) is 0 Å². The molecule has 4 atom stereocenters. The minimum absolute atomic E-state index is 0.0317. The van der Waals surface area contributed by atoms with E-state index in [9.17, 15) is 9.59 Å². The first-order valence-corrected chi connectivity index (χ1v) is 12.6. The topological polar surface area (TPSA) is 71.1 Å². The molecule has 0 unspecified atom stereocenters. The van der Waals surface area contributed by atoms with Crippen molar-refractivity contribution >= 4 is 11.9 Å². The summed E-state index contributed by atoms with van der Waals surface area (Å²) in [5, 5.41) is 0. The molecule has 2 heterocycles. The van der Waals surface area contributed by atoms with Gasteiger partial charge in [0, 0.05) is 26.1 Å². The second-order valence-corrected chi connectivity index (χ2v) is 9.29. The molecule has 0 aromatic carbocycles. The fourth-order valence-electron chi connectivity index (χ4n) is 4.34. The van der Waals surface area contributed by atoms with Gasteiger partial charge in [0.05, 0.1) is 24.4 Å². The fourth-order valence-corrected chi connectivity index (χ4v) is 4.34. The maximum Gasteiger partial charge on any atom is 0.306 e. The Kier molecular flexibility index (Phi) is 13.2. The number of ether oxygens (including phenoxy) is 4. The second kappa shape index (κ2) is 15.6. The lowest BCUT2D eigenvalue weighted by Gasteiger charge is -2.16. The molecule has 0 spiro atoms. The zero-order chi connectivity index (χ0) is 22.3. The largest absolute Gasteiger partial charge is 0.463 e. The molecule has 6 heteroatoms. The Balaban J connectivity index is 1.37. The van der Waals surface area contributed by atoms with Crippen LogP contribution in [0.5, 0.6) is 0 Å². The van der Waals surface area contributed by atoms with Crippen LogP contribution in [0.2, 0.25) is 0 Å². The van der Waals surface area contributed by atoms with Crippen molar-refractivity contribution in [1.29, 1.82) is 0 Å². The standard InChI is InChI=1S/C25H44O6/c1-20(14-16-22-10-8-18-28-22)30-24(26)12-6-4-3-5-7-13-25(27)31-21(2)15-17-23-11-9-19-29-23/h20-23H,3-19H2,1-2H3/t20-,21+,22-,23+. The van der Waals surface area contributed by atoms with Gasteiger partial charge in [0.1, 0.15) is 0 Å². The Morgan fingerprint density at radius 1 is 0.742 bits per heavy atom. The normalized spacial score (nSPS) is 22.9. The second-order valence-electron chi connectivity index (χ2n) is 9.29. The van der Waals surface area contributed by atoms with Crippen molar-refractivity contribution < 1.29 is 28.5 Å². The smallest absolute Gasteiger partial charge is 0.306 e. The van der Waals surface area contributed by atoms with E-state index in [1.807, 2.05) is 13.8 Å². The van der Waals surface area contributed by atoms with Crippen LogP contribution in [0.15, 0.2) is 0 Å². The predicted octanol–water partition coefficient (Wildman–Crippen LogP) is 5.50. The van der Waals surface area contributed by atoms with E-state index in [4.69, 9.17) is 18.9 Å². The number of unbranched alkanes of at least 4 members (excludes halogenated alkanes) is 4. The molecule has 0 saturated carbocycles. The highest BCUT2D eigenvalue weighted by molar-refractivity contribution is 5.69. The molecule has 6 nitrogen and oxygen atoms in total. The summed E-state index contributed by atoms with van der Waals surface area (Å²) in [4.78, 5) is 23.9. The summed E-state index contributed by atoms with van der Waals surface area (Å²) in [6, 6.07) is 0. The van der Waals surface area contributed by atoms with Gasteiger partial charge in [0.15, 0.2) is 0 Å². The minimum Gasteiger partial charge on any atom is -0.463 e. The lowest BCUT2D eigenvalue weighted by molar-refractivity contribution is -0.149. The van der Waals surface area contributed by atoms with Crippen LogP contribution in [0.3, 0.4) is 0 Å². The van der Waals surface area contributed by atoms with Gasteiger partial charge in [-0.05, 0) is 78.1 Å². The molecular formula is C25H44O6. The van der Waals surface area contributed by atoms with Gasteiger partial charge < -0.3 is 18.9 Å². The summed E-state index contributed by atoms with van der Waals surface area (Å²) in [6.45, 7) is 5.68. The Bertz CT molecular complexity index is 452. The van der Waals surface area contributed by atoms with Crippen LogP contribution < -0.4 is 0 Å². The van der Waals surface area contributed by atoms with E-state index < -0.39 is 0 Å². The monoisotopic (exact) mass is 440 g/mol. The Morgan fingerprint density at radius 2 is 1.16 bits per heavy atom. The molecule has 2 fully saturated rings. The van der Waals surface area contributed by atoms with Crippen LogP contribution >= 0.6 is 0 Å². The van der Waals surface area contributed by atoms with E-state index in [0.29, 0.717) is 25.0 Å². The SMILES string of the molecule is C[C@H](CC[C@H]1CCCO1)OC(=O)CCCCCCCC(=O)O[C@@H](C)CC[C@@H]1CCCO1. The number of rotatable bonds is 16. The molecule has 0 aromatic rings. The average molecular weight is 441 g/mol. The maximum absolute atomic E-state index is 11.9. The number of hydrogen-bond donors (Lipinski definition) is 0. The van der Waals surface area contributed by atoms with Crippen molar-refractivity contribution in [3.8, 4) is 0 Å². The van der Waals surface area contributed by atoms with Crippen molar-refractivity contribution in [3.63, 3.8) is 0 Å². The van der Waals surface area contributed by atoms with Gasteiger partial charge in [-0.25, -0.2) is 0 Å². The van der Waals surface area contributed by atoms with Gasteiger partial charge in [0.2, 0.25) is 0 Å². The van der Waals surface area contributed by atoms with Crippen molar-refractivity contribution in [3.05, 3.63) is 0 Å². The molecule has 0 aliphatic carbocycles. The van der Waals surface area contributed by atoms with Gasteiger partial charge in [-0.2, -0.15) is 0 Å². The molecule has 2 saturated heterocycles. The van der Waals surface area contributed by atoms with E-state index in [0.717, 1.165) is 96.7 Å². The molecule has 31 heavy (non-hydrogen) atoms. The number of hydrogen-bond acceptors (Lipinski definition) is 6. The van der Waals surface area contributed by atoms with Crippen LogP contribution in [0.4, 0.5) is 0 Å². The zero-order valence-corrected chi connectivity index (χ0v) is 19.8. The summed E-state index contributed by atoms with van der Waals surface area (Å²) in [5.41, 5.74) is 0. The van der Waals surface area contributed by atoms with E-state index in [1.54, 1.807) is 0 Å². The van der Waals surface area contributed by atoms with Crippen LogP contribution in [0, 0.1) is 0 Å². The first-order valence-electron chi connectivity index (χ1n) is 12.6. The highest BCUT2D eigenvalue weighted by atomic mass is 16.5. The van der Waals surface area contributed by atoms with Crippen LogP contribution in [0.1, 0.15) is 110 Å². The third kappa shape index (κ3) is 12.5. The van der Waals surface area contributed by atoms with E-state index in [1.165, 1.54) is 0 Å². The number of carbonyl (C=O) groups excluding carboxylic acids is 2. The highest BCUT2D eigenvalue weighted by Crippen LogP contribution is 2.20. The van der Waals surface area contributed by atoms with Crippen LogP contribution in [-0.2, 0) is 28.5 Å². The zero-order valence-electron chi connectivity index (χ0n) is 19.8. The van der Waals surface area contributed by atoms with Gasteiger partial charge >= 0.3 is 11.9 Å². The molecule has 0 aromatic heterocycles. The summed E-state index contributed by atoms with van der Waals surface area (Å²) in [6.07, 6.45) is 14.6. The molecule has 0 amide bonds. The molecule has 2 aliphatic rings. The average Bonchev–Trinajstić information content (AvgIpc) is 3.44. The third-order valence-corrected chi connectivity index (χ3v) is 6.27. The van der Waals surface area contributed by atoms with Gasteiger partial charge in [-0.3, -0.25) is 9.59 Å². The van der Waals surface area contributed by atoms with E-state index in [-0.39, 0.29) is 24.1 Å². The summed E-state index contributed by atoms with van der Waals surface area (Å²) >= 11 is 0. The van der Waals surface area contributed by atoms with Gasteiger partial charge in [-0.15, -0.1) is 0 Å². The van der Waals surface area contributed by atoms with Crippen molar-refractivity contribution in [2.45, 2.75) is 135 Å². The Morgan fingerprint density at radius 3 is 1.55 bits per heavy atom. The molecule has 0 radical (unpaired) electrons. The Labute approximate surface area is 188 Å². The highest BCUT2D eigenvalue weighted by Gasteiger charge is 2.19. The van der Waals surface area contributed by atoms with Crippen LogP contribution in [-0.4, -0.2) is 49.6 Å². The molecular weight excluding hydrogens is 396 g/mol. The third-order valence-electron chi connectivity index (χ3n) is 6.27. The minimum atomic E-state index is -0.0968. The van der Waals surface area contributed by atoms with Crippen LogP contribution in [0.25, 0.3) is 0 Å². The molecule has 0 bridgehead atoms. The van der Waals surface area contributed by atoms with Gasteiger partial charge in [0.25, 0.3) is 0 Å². The van der Waals surface area contributed by atoms with Crippen molar-refractivity contribution in [2.24, 2.45) is 0 Å². The summed E-state index contributed by atoms with van der Waals surface area (Å²) in [7, 11) is 0. The maximum atomic E-state index is 11.9.